The summed E-state index contributed by atoms with van der Waals surface area (Å²) in [6, 6.07) is 10.2. The molecule has 0 saturated heterocycles. The molecule has 0 atom stereocenters. The molecule has 3 aromatic rings. The molecule has 132 valence electrons. The molecule has 0 spiro atoms. The average molecular weight is 370 g/mol. The summed E-state index contributed by atoms with van der Waals surface area (Å²) in [6.45, 7) is 4.26. The Morgan fingerprint density at radius 3 is 3.00 bits per heavy atom. The fraction of sp³-hybridized carbons (Fsp3) is 0.158. The van der Waals surface area contributed by atoms with Gasteiger partial charge in [0.05, 0.1) is 16.6 Å². The number of allylic oxidation sites excluding steroid dienone is 1. The first-order valence-electron chi connectivity index (χ1n) is 8.00. The number of amides is 1. The lowest BCUT2D eigenvalue weighted by Crippen LogP contribution is -2.17. The lowest BCUT2D eigenvalue weighted by atomic mass is 10.1. The Balaban J connectivity index is 1.69. The number of fused-ring (bicyclic) bond motifs is 2. The average Bonchev–Trinajstić information content (AvgIpc) is 3.20. The molecule has 0 unspecified atom stereocenters. The zero-order chi connectivity index (χ0) is 18.1. The molecule has 1 amide bonds. The third-order valence-electron chi connectivity index (χ3n) is 3.98. The van der Waals surface area contributed by atoms with E-state index in [9.17, 15) is 9.18 Å². The number of rotatable bonds is 4. The van der Waals surface area contributed by atoms with E-state index in [0.29, 0.717) is 28.4 Å². The number of carbonyl (C=O) groups is 1. The summed E-state index contributed by atoms with van der Waals surface area (Å²) in [5.41, 5.74) is 1.22. The van der Waals surface area contributed by atoms with E-state index in [-0.39, 0.29) is 24.9 Å². The Morgan fingerprint density at radius 1 is 1.31 bits per heavy atom. The van der Waals surface area contributed by atoms with Crippen molar-refractivity contribution in [2.45, 2.75) is 13.0 Å². The number of aromatic nitrogens is 1. The maximum atomic E-state index is 14.2. The molecule has 26 heavy (non-hydrogen) atoms. The molecule has 0 saturated carbocycles. The number of para-hydroxylation sites is 1. The molecule has 2 heterocycles. The minimum Gasteiger partial charge on any atom is -0.454 e. The highest BCUT2D eigenvalue weighted by atomic mass is 32.1. The number of nitrogens with zero attached hydrogens (tertiary/aromatic N) is 2. The Kier molecular flexibility index (Phi) is 4.30. The molecule has 1 aromatic heterocycles. The summed E-state index contributed by atoms with van der Waals surface area (Å²) in [5.74, 6) is 0.641. The molecule has 1 aliphatic heterocycles. The first-order chi connectivity index (χ1) is 12.7. The zero-order valence-corrected chi connectivity index (χ0v) is 14.6. The van der Waals surface area contributed by atoms with Gasteiger partial charge in [-0.2, -0.15) is 4.99 Å². The quantitative estimate of drug-likeness (QED) is 0.661. The SMILES string of the molecule is C=CCn1c(=NC(=O)Cc2ccc3c(c2)OCO3)sc2cccc(F)c21. The van der Waals surface area contributed by atoms with Crippen LogP contribution in [0.4, 0.5) is 4.39 Å². The van der Waals surface area contributed by atoms with Crippen LogP contribution in [0.1, 0.15) is 5.56 Å². The van der Waals surface area contributed by atoms with Crippen molar-refractivity contribution in [3.63, 3.8) is 0 Å². The van der Waals surface area contributed by atoms with Crippen LogP contribution in [0.15, 0.2) is 54.0 Å². The second kappa shape index (κ2) is 6.76. The Bertz CT molecular complexity index is 1080. The fourth-order valence-electron chi connectivity index (χ4n) is 2.84. The third kappa shape index (κ3) is 3.01. The van der Waals surface area contributed by atoms with Crippen molar-refractivity contribution in [3.8, 4) is 11.5 Å². The van der Waals surface area contributed by atoms with E-state index >= 15 is 0 Å². The molecule has 2 aromatic carbocycles. The molecule has 5 nitrogen and oxygen atoms in total. The third-order valence-corrected chi connectivity index (χ3v) is 5.02. The highest BCUT2D eigenvalue weighted by Crippen LogP contribution is 2.32. The molecule has 7 heteroatoms. The monoisotopic (exact) mass is 370 g/mol. The minimum atomic E-state index is -0.342. The Morgan fingerprint density at radius 2 is 2.15 bits per heavy atom. The van der Waals surface area contributed by atoms with Gasteiger partial charge in [-0.15, -0.1) is 6.58 Å². The van der Waals surface area contributed by atoms with Gasteiger partial charge in [0.25, 0.3) is 5.91 Å². The largest absolute Gasteiger partial charge is 0.454 e. The molecule has 0 radical (unpaired) electrons. The zero-order valence-electron chi connectivity index (χ0n) is 13.8. The van der Waals surface area contributed by atoms with Crippen LogP contribution in [0.25, 0.3) is 10.2 Å². The van der Waals surface area contributed by atoms with Crippen LogP contribution in [0.5, 0.6) is 11.5 Å². The van der Waals surface area contributed by atoms with Gasteiger partial charge in [-0.3, -0.25) is 4.79 Å². The molecule has 4 rings (SSSR count). The van der Waals surface area contributed by atoms with Gasteiger partial charge >= 0.3 is 0 Å². The smallest absolute Gasteiger partial charge is 0.252 e. The van der Waals surface area contributed by atoms with E-state index in [2.05, 4.69) is 11.6 Å². The standard InChI is InChI=1S/C19H15FN2O3S/c1-2-8-22-18-13(20)4-3-5-16(18)26-19(22)21-17(23)10-12-6-7-14-15(9-12)25-11-24-14/h2-7,9H,1,8,10-11H2. The van der Waals surface area contributed by atoms with Crippen molar-refractivity contribution in [1.82, 2.24) is 4.57 Å². The summed E-state index contributed by atoms with van der Waals surface area (Å²) in [7, 11) is 0. The van der Waals surface area contributed by atoms with Crippen LogP contribution in [0.3, 0.4) is 0 Å². The van der Waals surface area contributed by atoms with Crippen molar-refractivity contribution in [2.75, 3.05) is 6.79 Å². The summed E-state index contributed by atoms with van der Waals surface area (Å²) in [6.07, 6.45) is 1.78. The van der Waals surface area contributed by atoms with E-state index in [0.717, 1.165) is 10.3 Å². The van der Waals surface area contributed by atoms with Gasteiger partial charge < -0.3 is 14.0 Å². The van der Waals surface area contributed by atoms with Crippen LogP contribution in [0.2, 0.25) is 0 Å². The van der Waals surface area contributed by atoms with E-state index in [1.54, 1.807) is 28.8 Å². The summed E-state index contributed by atoms with van der Waals surface area (Å²) in [4.78, 5) is 17.1. The topological polar surface area (TPSA) is 52.8 Å². The van der Waals surface area contributed by atoms with Crippen molar-refractivity contribution in [2.24, 2.45) is 4.99 Å². The minimum absolute atomic E-state index is 0.126. The number of hydrogen-bond donors (Lipinski definition) is 0. The second-order valence-electron chi connectivity index (χ2n) is 5.74. The Labute approximate surface area is 152 Å². The lowest BCUT2D eigenvalue weighted by Gasteiger charge is -2.02. The maximum absolute atomic E-state index is 14.2. The van der Waals surface area contributed by atoms with E-state index in [1.807, 2.05) is 12.1 Å². The normalized spacial score (nSPS) is 13.3. The van der Waals surface area contributed by atoms with Gasteiger partial charge in [-0.25, -0.2) is 4.39 Å². The molecule has 0 N–H and O–H groups in total. The fourth-order valence-corrected chi connectivity index (χ4v) is 3.91. The molecule has 1 aliphatic rings. The summed E-state index contributed by atoms with van der Waals surface area (Å²) in [5, 5.41) is 0. The predicted molar refractivity (Wildman–Crippen MR) is 96.8 cm³/mol. The van der Waals surface area contributed by atoms with Crippen molar-refractivity contribution in [1.29, 1.82) is 0 Å². The van der Waals surface area contributed by atoms with Crippen LogP contribution in [-0.4, -0.2) is 17.3 Å². The van der Waals surface area contributed by atoms with E-state index < -0.39 is 0 Å². The van der Waals surface area contributed by atoms with Crippen molar-refractivity contribution < 1.29 is 18.7 Å². The predicted octanol–water partition coefficient (Wildman–Crippen LogP) is 3.43. The number of thiazole rings is 1. The number of ether oxygens (including phenoxy) is 2. The van der Waals surface area contributed by atoms with Crippen LogP contribution in [-0.2, 0) is 17.8 Å². The molecular formula is C19H15FN2O3S. The van der Waals surface area contributed by atoms with Gasteiger partial charge in [0.1, 0.15) is 5.82 Å². The van der Waals surface area contributed by atoms with Gasteiger partial charge in [-0.1, -0.05) is 29.5 Å². The number of benzene rings is 2. The Hall–Kier alpha value is -2.93. The highest BCUT2D eigenvalue weighted by Gasteiger charge is 2.15. The number of carbonyl (C=O) groups excluding carboxylic acids is 1. The van der Waals surface area contributed by atoms with Gasteiger partial charge in [0.15, 0.2) is 16.3 Å². The van der Waals surface area contributed by atoms with Crippen molar-refractivity contribution in [3.05, 3.63) is 65.2 Å². The maximum Gasteiger partial charge on any atom is 0.252 e. The van der Waals surface area contributed by atoms with Crippen LogP contribution < -0.4 is 14.3 Å². The van der Waals surface area contributed by atoms with Crippen molar-refractivity contribution >= 4 is 27.5 Å². The van der Waals surface area contributed by atoms with Crippen LogP contribution >= 0.6 is 11.3 Å². The summed E-state index contributed by atoms with van der Waals surface area (Å²) >= 11 is 1.28. The molecule has 0 bridgehead atoms. The molecular weight excluding hydrogens is 355 g/mol. The highest BCUT2D eigenvalue weighted by molar-refractivity contribution is 7.16. The molecule has 0 aliphatic carbocycles. The first-order valence-corrected chi connectivity index (χ1v) is 8.82. The summed E-state index contributed by atoms with van der Waals surface area (Å²) < 4.78 is 27.2. The van der Waals surface area contributed by atoms with Gasteiger partial charge in [0, 0.05) is 6.54 Å². The number of hydrogen-bond acceptors (Lipinski definition) is 4. The first kappa shape index (κ1) is 16.5. The molecule has 0 fully saturated rings. The van der Waals surface area contributed by atoms with Gasteiger partial charge in [-0.05, 0) is 29.8 Å². The number of halogens is 1. The van der Waals surface area contributed by atoms with E-state index in [1.165, 1.54) is 17.4 Å². The van der Waals surface area contributed by atoms with E-state index in [4.69, 9.17) is 9.47 Å². The lowest BCUT2D eigenvalue weighted by molar-refractivity contribution is -0.117. The second-order valence-corrected chi connectivity index (χ2v) is 6.75. The van der Waals surface area contributed by atoms with Gasteiger partial charge in [0.2, 0.25) is 6.79 Å². The van der Waals surface area contributed by atoms with Crippen LogP contribution in [0, 0.1) is 5.82 Å².